The fraction of sp³-hybridized carbons (Fsp3) is 0.467. The molecule has 2 rings (SSSR count). The number of rotatable bonds is 2. The summed E-state index contributed by atoms with van der Waals surface area (Å²) in [5, 5.41) is 0.525. The Kier molecular flexibility index (Phi) is 5.13. The van der Waals surface area contributed by atoms with Gasteiger partial charge in [-0.15, -0.1) is 0 Å². The number of ether oxygens (including phenoxy) is 2. The summed E-state index contributed by atoms with van der Waals surface area (Å²) in [5.74, 6) is 0.352. The number of carbonyl (C=O) groups is 2. The first-order chi connectivity index (χ1) is 10.5. The highest BCUT2D eigenvalue weighted by Crippen LogP contribution is 2.28. The van der Waals surface area contributed by atoms with Crippen LogP contribution in [0.1, 0.15) is 15.9 Å². The predicted molar refractivity (Wildman–Crippen MR) is 82.6 cm³/mol. The van der Waals surface area contributed by atoms with Crippen molar-refractivity contribution in [2.24, 2.45) is 0 Å². The molecule has 1 saturated heterocycles. The van der Waals surface area contributed by atoms with Crippen LogP contribution in [0, 0.1) is 6.92 Å². The molecule has 0 radical (unpaired) electrons. The molecule has 0 unspecified atom stereocenters. The fourth-order valence-corrected chi connectivity index (χ4v) is 2.55. The number of carbonyl (C=O) groups excluding carboxylic acids is 2. The first kappa shape index (κ1) is 16.4. The Morgan fingerprint density at radius 3 is 2.23 bits per heavy atom. The van der Waals surface area contributed by atoms with Crippen molar-refractivity contribution in [2.75, 3.05) is 40.4 Å². The Hall–Kier alpha value is -1.95. The maximum Gasteiger partial charge on any atom is 0.409 e. The molecule has 0 atom stereocenters. The molecule has 0 aromatic heterocycles. The number of methoxy groups -OCH3 is 2. The third-order valence-electron chi connectivity index (χ3n) is 3.71. The maximum atomic E-state index is 12.6. The highest BCUT2D eigenvalue weighted by Gasteiger charge is 2.27. The minimum absolute atomic E-state index is 0.150. The van der Waals surface area contributed by atoms with Crippen LogP contribution in [0.25, 0.3) is 0 Å². The van der Waals surface area contributed by atoms with Crippen LogP contribution >= 0.6 is 11.6 Å². The van der Waals surface area contributed by atoms with Gasteiger partial charge in [0.15, 0.2) is 0 Å². The monoisotopic (exact) mass is 326 g/mol. The lowest BCUT2D eigenvalue weighted by Crippen LogP contribution is -2.50. The lowest BCUT2D eigenvalue weighted by Gasteiger charge is -2.34. The minimum Gasteiger partial charge on any atom is -0.496 e. The van der Waals surface area contributed by atoms with E-state index in [0.717, 1.165) is 5.56 Å². The molecule has 7 heteroatoms. The molecule has 1 aromatic rings. The van der Waals surface area contributed by atoms with Crippen LogP contribution in [0.2, 0.25) is 5.02 Å². The van der Waals surface area contributed by atoms with Gasteiger partial charge in [-0.05, 0) is 24.6 Å². The standard InChI is InChI=1S/C15H19ClN2O4/c1-10-8-13(21-2)11(9-12(10)16)14(19)17-4-6-18(7-5-17)15(20)22-3/h8-9H,4-7H2,1-3H3. The number of amides is 2. The van der Waals surface area contributed by atoms with Crippen LogP contribution in [0.3, 0.4) is 0 Å². The molecule has 1 aliphatic heterocycles. The van der Waals surface area contributed by atoms with Crippen LogP contribution in [-0.4, -0.2) is 62.2 Å². The zero-order valence-corrected chi connectivity index (χ0v) is 13.6. The van der Waals surface area contributed by atoms with E-state index in [0.29, 0.717) is 42.5 Å². The second-order valence-corrected chi connectivity index (χ2v) is 5.46. The molecule has 0 aliphatic carbocycles. The summed E-state index contributed by atoms with van der Waals surface area (Å²) in [4.78, 5) is 27.4. The number of aryl methyl sites for hydroxylation is 1. The third-order valence-corrected chi connectivity index (χ3v) is 4.12. The van der Waals surface area contributed by atoms with Crippen molar-refractivity contribution >= 4 is 23.6 Å². The second kappa shape index (κ2) is 6.87. The Morgan fingerprint density at radius 2 is 1.68 bits per heavy atom. The molecule has 6 nitrogen and oxygen atoms in total. The first-order valence-corrected chi connectivity index (χ1v) is 7.32. The van der Waals surface area contributed by atoms with Crippen molar-refractivity contribution in [3.8, 4) is 5.75 Å². The van der Waals surface area contributed by atoms with Crippen molar-refractivity contribution in [3.05, 3.63) is 28.3 Å². The van der Waals surface area contributed by atoms with E-state index in [1.54, 1.807) is 21.9 Å². The van der Waals surface area contributed by atoms with E-state index in [-0.39, 0.29) is 12.0 Å². The van der Waals surface area contributed by atoms with Crippen molar-refractivity contribution in [3.63, 3.8) is 0 Å². The lowest BCUT2D eigenvalue weighted by molar-refractivity contribution is 0.0597. The quantitative estimate of drug-likeness (QED) is 0.836. The van der Waals surface area contributed by atoms with Crippen LogP contribution in [0.15, 0.2) is 12.1 Å². The molecule has 0 saturated carbocycles. The van der Waals surface area contributed by atoms with Gasteiger partial charge in [0.1, 0.15) is 5.75 Å². The number of benzene rings is 1. The van der Waals surface area contributed by atoms with E-state index in [1.807, 2.05) is 6.92 Å². The lowest BCUT2D eigenvalue weighted by atomic mass is 10.1. The van der Waals surface area contributed by atoms with Gasteiger partial charge in [0.2, 0.25) is 0 Å². The van der Waals surface area contributed by atoms with Gasteiger partial charge >= 0.3 is 6.09 Å². The predicted octanol–water partition coefficient (Wildman–Crippen LogP) is 2.18. The Bertz CT molecular complexity index is 583. The topological polar surface area (TPSA) is 59.1 Å². The summed E-state index contributed by atoms with van der Waals surface area (Å²) < 4.78 is 9.96. The zero-order chi connectivity index (χ0) is 16.3. The summed E-state index contributed by atoms with van der Waals surface area (Å²) in [6.45, 7) is 3.64. The molecule has 2 amide bonds. The molecule has 1 aromatic carbocycles. The number of halogens is 1. The van der Waals surface area contributed by atoms with E-state index in [4.69, 9.17) is 16.3 Å². The zero-order valence-electron chi connectivity index (χ0n) is 12.9. The molecule has 0 spiro atoms. The van der Waals surface area contributed by atoms with E-state index in [9.17, 15) is 9.59 Å². The van der Waals surface area contributed by atoms with Crippen LogP contribution in [0.4, 0.5) is 4.79 Å². The van der Waals surface area contributed by atoms with E-state index in [2.05, 4.69) is 4.74 Å². The normalized spacial score (nSPS) is 14.7. The largest absolute Gasteiger partial charge is 0.496 e. The summed E-state index contributed by atoms with van der Waals surface area (Å²) in [5.41, 5.74) is 1.29. The molecule has 0 N–H and O–H groups in total. The first-order valence-electron chi connectivity index (χ1n) is 6.94. The van der Waals surface area contributed by atoms with Gasteiger partial charge in [-0.2, -0.15) is 0 Å². The Labute approximate surface area is 134 Å². The fourth-order valence-electron chi connectivity index (χ4n) is 2.38. The molecule has 22 heavy (non-hydrogen) atoms. The van der Waals surface area contributed by atoms with Crippen molar-refractivity contribution < 1.29 is 19.1 Å². The smallest absolute Gasteiger partial charge is 0.409 e. The maximum absolute atomic E-state index is 12.6. The number of piperazine rings is 1. The Balaban J connectivity index is 2.13. The highest BCUT2D eigenvalue weighted by molar-refractivity contribution is 6.31. The van der Waals surface area contributed by atoms with Crippen molar-refractivity contribution in [1.29, 1.82) is 0 Å². The minimum atomic E-state index is -0.372. The van der Waals surface area contributed by atoms with E-state index < -0.39 is 0 Å². The van der Waals surface area contributed by atoms with E-state index >= 15 is 0 Å². The molecular weight excluding hydrogens is 308 g/mol. The van der Waals surface area contributed by atoms with Gasteiger partial charge in [-0.3, -0.25) is 4.79 Å². The van der Waals surface area contributed by atoms with Crippen LogP contribution < -0.4 is 4.74 Å². The molecule has 1 heterocycles. The van der Waals surface area contributed by atoms with Crippen LogP contribution in [-0.2, 0) is 4.74 Å². The summed E-state index contributed by atoms with van der Waals surface area (Å²) in [6, 6.07) is 3.38. The van der Waals surface area contributed by atoms with Gasteiger partial charge in [0, 0.05) is 31.2 Å². The summed E-state index contributed by atoms with van der Waals surface area (Å²) in [6.07, 6.45) is -0.372. The van der Waals surface area contributed by atoms with Crippen LogP contribution in [0.5, 0.6) is 5.75 Å². The Morgan fingerprint density at radius 1 is 1.09 bits per heavy atom. The van der Waals surface area contributed by atoms with Gasteiger partial charge in [-0.1, -0.05) is 11.6 Å². The molecule has 1 aliphatic rings. The average molecular weight is 327 g/mol. The number of nitrogens with zero attached hydrogens (tertiary/aromatic N) is 2. The van der Waals surface area contributed by atoms with Crippen molar-refractivity contribution in [2.45, 2.75) is 6.92 Å². The van der Waals surface area contributed by atoms with Gasteiger partial charge in [0.05, 0.1) is 19.8 Å². The molecular formula is C15H19ClN2O4. The summed E-state index contributed by atoms with van der Waals surface area (Å²) >= 11 is 6.11. The third kappa shape index (κ3) is 3.27. The number of hydrogen-bond donors (Lipinski definition) is 0. The number of hydrogen-bond acceptors (Lipinski definition) is 4. The second-order valence-electron chi connectivity index (χ2n) is 5.05. The van der Waals surface area contributed by atoms with Gasteiger partial charge in [0.25, 0.3) is 5.91 Å². The molecule has 1 fully saturated rings. The van der Waals surface area contributed by atoms with E-state index in [1.165, 1.54) is 14.2 Å². The van der Waals surface area contributed by atoms with Crippen molar-refractivity contribution in [1.82, 2.24) is 9.80 Å². The summed E-state index contributed by atoms with van der Waals surface area (Å²) in [7, 11) is 2.87. The molecule has 0 bridgehead atoms. The highest BCUT2D eigenvalue weighted by atomic mass is 35.5. The molecule has 120 valence electrons. The average Bonchev–Trinajstić information content (AvgIpc) is 2.55. The van der Waals surface area contributed by atoms with Gasteiger partial charge < -0.3 is 19.3 Å². The SMILES string of the molecule is COC(=O)N1CCN(C(=O)c2cc(Cl)c(C)cc2OC)CC1. The van der Waals surface area contributed by atoms with Gasteiger partial charge in [-0.25, -0.2) is 4.79 Å².